The van der Waals surface area contributed by atoms with Crippen LogP contribution >= 0.6 is 0 Å². The van der Waals surface area contributed by atoms with Crippen LogP contribution in [0.2, 0.25) is 0 Å². The van der Waals surface area contributed by atoms with E-state index >= 15 is 0 Å². The van der Waals surface area contributed by atoms with Crippen LogP contribution in [0.25, 0.3) is 0 Å². The van der Waals surface area contributed by atoms with E-state index in [1.807, 2.05) is 13.0 Å². The van der Waals surface area contributed by atoms with E-state index in [-0.39, 0.29) is 6.03 Å². The molecule has 1 saturated heterocycles. The van der Waals surface area contributed by atoms with Crippen LogP contribution in [0.3, 0.4) is 0 Å². The summed E-state index contributed by atoms with van der Waals surface area (Å²) < 4.78 is 5.20. The Hall–Kier alpha value is -1.98. The van der Waals surface area contributed by atoms with Crippen molar-refractivity contribution in [2.24, 2.45) is 0 Å². The third kappa shape index (κ3) is 3.20. The Morgan fingerprint density at radius 3 is 2.95 bits per heavy atom. The molecule has 6 heteroatoms. The van der Waals surface area contributed by atoms with Crippen molar-refractivity contribution in [3.63, 3.8) is 0 Å². The van der Waals surface area contributed by atoms with Gasteiger partial charge in [0, 0.05) is 19.5 Å². The number of carboxylic acid groups (broad SMARTS) is 1. The van der Waals surface area contributed by atoms with Crippen molar-refractivity contribution in [3.05, 3.63) is 24.2 Å². The quantitative estimate of drug-likeness (QED) is 0.843. The van der Waals surface area contributed by atoms with Crippen molar-refractivity contribution in [3.8, 4) is 0 Å². The van der Waals surface area contributed by atoms with E-state index in [4.69, 9.17) is 4.42 Å². The average Bonchev–Trinajstić information content (AvgIpc) is 3.08. The van der Waals surface area contributed by atoms with Crippen molar-refractivity contribution < 1.29 is 19.1 Å². The molecule has 0 aliphatic carbocycles. The third-order valence-electron chi connectivity index (χ3n) is 4.02. The lowest BCUT2D eigenvalue weighted by Gasteiger charge is -2.34. The Labute approximate surface area is 124 Å². The Morgan fingerprint density at radius 2 is 2.33 bits per heavy atom. The van der Waals surface area contributed by atoms with Gasteiger partial charge in [0.25, 0.3) is 0 Å². The van der Waals surface area contributed by atoms with Crippen LogP contribution in [0, 0.1) is 0 Å². The van der Waals surface area contributed by atoms with Gasteiger partial charge in [0.15, 0.2) is 0 Å². The number of amides is 2. The fraction of sp³-hybridized carbons (Fsp3) is 0.600. The van der Waals surface area contributed by atoms with E-state index in [1.54, 1.807) is 12.3 Å². The molecule has 0 radical (unpaired) electrons. The fourth-order valence-electron chi connectivity index (χ4n) is 3.02. The van der Waals surface area contributed by atoms with Crippen LogP contribution in [0.4, 0.5) is 4.79 Å². The Bertz CT molecular complexity index is 486. The average molecular weight is 294 g/mol. The number of hydrogen-bond donors (Lipinski definition) is 2. The number of urea groups is 1. The van der Waals surface area contributed by atoms with Gasteiger partial charge >= 0.3 is 12.0 Å². The molecule has 2 N–H and O–H groups in total. The zero-order valence-corrected chi connectivity index (χ0v) is 12.3. The normalized spacial score (nSPS) is 21.5. The number of nitrogens with zero attached hydrogens (tertiary/aromatic N) is 1. The van der Waals surface area contributed by atoms with Crippen LogP contribution < -0.4 is 5.32 Å². The lowest BCUT2D eigenvalue weighted by atomic mass is 9.91. The highest BCUT2D eigenvalue weighted by molar-refractivity contribution is 5.87. The summed E-state index contributed by atoms with van der Waals surface area (Å²) in [6.45, 7) is 2.87. The molecule has 1 atom stereocenters. The molecule has 21 heavy (non-hydrogen) atoms. The second-order valence-corrected chi connectivity index (χ2v) is 5.40. The van der Waals surface area contributed by atoms with Crippen LogP contribution in [-0.2, 0) is 11.2 Å². The molecule has 0 bridgehead atoms. The molecule has 1 unspecified atom stereocenters. The topological polar surface area (TPSA) is 82.8 Å². The third-order valence-corrected chi connectivity index (χ3v) is 4.02. The number of carbonyl (C=O) groups excluding carboxylic acids is 1. The van der Waals surface area contributed by atoms with E-state index in [0.717, 1.165) is 18.6 Å². The smallest absolute Gasteiger partial charge is 0.329 e. The Kier molecular flexibility index (Phi) is 4.88. The molecule has 1 aliphatic heterocycles. The molecule has 6 nitrogen and oxygen atoms in total. The Balaban J connectivity index is 1.95. The molecule has 116 valence electrons. The molecular weight excluding hydrogens is 272 g/mol. The summed E-state index contributed by atoms with van der Waals surface area (Å²) >= 11 is 0. The lowest BCUT2D eigenvalue weighted by molar-refractivity contribution is -0.148. The molecule has 1 fully saturated rings. The van der Waals surface area contributed by atoms with E-state index in [1.165, 1.54) is 4.90 Å². The van der Waals surface area contributed by atoms with Gasteiger partial charge < -0.3 is 19.7 Å². The van der Waals surface area contributed by atoms with Crippen LogP contribution in [0.1, 0.15) is 38.4 Å². The fourth-order valence-corrected chi connectivity index (χ4v) is 3.02. The number of carboxylic acids is 1. The molecule has 1 aromatic rings. The van der Waals surface area contributed by atoms with E-state index in [2.05, 4.69) is 5.32 Å². The number of likely N-dealkylation sites (tertiary alicyclic amines) is 1. The second kappa shape index (κ2) is 6.65. The number of carbonyl (C=O) groups is 2. The lowest BCUT2D eigenvalue weighted by Crippen LogP contribution is -2.56. The molecule has 2 rings (SSSR count). The summed E-state index contributed by atoms with van der Waals surface area (Å²) in [4.78, 5) is 25.4. The summed E-state index contributed by atoms with van der Waals surface area (Å²) in [6, 6.07) is 3.35. The highest BCUT2D eigenvalue weighted by Gasteiger charge is 2.49. The van der Waals surface area contributed by atoms with Gasteiger partial charge in [-0.2, -0.15) is 0 Å². The molecule has 0 aromatic carbocycles. The minimum atomic E-state index is -1.04. The first kappa shape index (κ1) is 15.4. The first-order chi connectivity index (χ1) is 10.1. The summed E-state index contributed by atoms with van der Waals surface area (Å²) in [7, 11) is 0. The maximum atomic E-state index is 12.3. The molecule has 0 saturated carbocycles. The van der Waals surface area contributed by atoms with Gasteiger partial charge in [-0.1, -0.05) is 13.3 Å². The SMILES string of the molecule is CCCC1(C(=O)O)CCCN1C(=O)NCCc1ccco1. The molecular formula is C15H22N2O4. The number of hydrogen-bond acceptors (Lipinski definition) is 3. The predicted molar refractivity (Wildman–Crippen MR) is 77.0 cm³/mol. The molecule has 2 heterocycles. The number of nitrogens with one attached hydrogen (secondary N) is 1. The summed E-state index contributed by atoms with van der Waals surface area (Å²) in [6.07, 6.45) is 4.69. The summed E-state index contributed by atoms with van der Waals surface area (Å²) in [5.41, 5.74) is -1.04. The zero-order chi connectivity index (χ0) is 15.3. The monoisotopic (exact) mass is 294 g/mol. The van der Waals surface area contributed by atoms with Crippen molar-refractivity contribution in [1.82, 2.24) is 10.2 Å². The van der Waals surface area contributed by atoms with Crippen molar-refractivity contribution in [2.75, 3.05) is 13.1 Å². The Morgan fingerprint density at radius 1 is 1.52 bits per heavy atom. The van der Waals surface area contributed by atoms with E-state index < -0.39 is 11.5 Å². The van der Waals surface area contributed by atoms with Crippen molar-refractivity contribution in [2.45, 2.75) is 44.6 Å². The number of rotatable bonds is 6. The highest BCUT2D eigenvalue weighted by atomic mass is 16.4. The van der Waals surface area contributed by atoms with Crippen LogP contribution in [0.15, 0.2) is 22.8 Å². The van der Waals surface area contributed by atoms with E-state index in [9.17, 15) is 14.7 Å². The number of furan rings is 1. The minimum absolute atomic E-state index is 0.296. The van der Waals surface area contributed by atoms with Gasteiger partial charge in [0.1, 0.15) is 11.3 Å². The summed E-state index contributed by atoms with van der Waals surface area (Å²) in [5, 5.41) is 12.3. The molecule has 1 aliphatic rings. The molecule has 0 spiro atoms. The highest BCUT2D eigenvalue weighted by Crippen LogP contribution is 2.34. The number of aliphatic carboxylic acids is 1. The van der Waals surface area contributed by atoms with Gasteiger partial charge in [-0.3, -0.25) is 0 Å². The maximum Gasteiger partial charge on any atom is 0.329 e. The predicted octanol–water partition coefficient (Wildman–Crippen LogP) is 2.25. The zero-order valence-electron chi connectivity index (χ0n) is 12.3. The van der Waals surface area contributed by atoms with Crippen molar-refractivity contribution >= 4 is 12.0 Å². The maximum absolute atomic E-state index is 12.3. The van der Waals surface area contributed by atoms with Gasteiger partial charge in [-0.15, -0.1) is 0 Å². The molecule has 1 aromatic heterocycles. The van der Waals surface area contributed by atoms with Gasteiger partial charge in [0.05, 0.1) is 6.26 Å². The van der Waals surface area contributed by atoms with Gasteiger partial charge in [-0.05, 0) is 31.4 Å². The van der Waals surface area contributed by atoms with Gasteiger partial charge in [-0.25, -0.2) is 9.59 Å². The van der Waals surface area contributed by atoms with Crippen molar-refractivity contribution in [1.29, 1.82) is 0 Å². The largest absolute Gasteiger partial charge is 0.479 e. The van der Waals surface area contributed by atoms with Crippen LogP contribution in [0.5, 0.6) is 0 Å². The van der Waals surface area contributed by atoms with Crippen LogP contribution in [-0.4, -0.2) is 40.6 Å². The van der Waals surface area contributed by atoms with Gasteiger partial charge in [0.2, 0.25) is 0 Å². The van der Waals surface area contributed by atoms with E-state index in [0.29, 0.717) is 32.4 Å². The standard InChI is InChI=1S/C15H22N2O4/c1-2-7-15(13(18)19)8-4-10-17(15)14(20)16-9-6-12-5-3-11-21-12/h3,5,11H,2,4,6-10H2,1H3,(H,16,20)(H,18,19). The minimum Gasteiger partial charge on any atom is -0.479 e. The summed E-state index contributed by atoms with van der Waals surface area (Å²) in [5.74, 6) is -0.0992. The second-order valence-electron chi connectivity index (χ2n) is 5.40. The molecule has 2 amide bonds. The first-order valence-electron chi connectivity index (χ1n) is 7.41. The first-order valence-corrected chi connectivity index (χ1v) is 7.41.